The van der Waals surface area contributed by atoms with Crippen molar-refractivity contribution in [2.45, 2.75) is 20.0 Å². The normalized spacial score (nSPS) is 11.1. The summed E-state index contributed by atoms with van der Waals surface area (Å²) in [6.07, 6.45) is 5.44. The molecule has 3 aromatic heterocycles. The second kappa shape index (κ2) is 7.45. The molecule has 0 spiro atoms. The van der Waals surface area contributed by atoms with Crippen molar-refractivity contribution in [1.29, 1.82) is 0 Å². The van der Waals surface area contributed by atoms with E-state index in [1.54, 1.807) is 35.3 Å². The van der Waals surface area contributed by atoms with Gasteiger partial charge in [-0.3, -0.25) is 9.36 Å². The van der Waals surface area contributed by atoms with Gasteiger partial charge in [-0.15, -0.1) is 10.2 Å². The van der Waals surface area contributed by atoms with E-state index in [4.69, 9.17) is 11.6 Å². The molecule has 4 aromatic rings. The van der Waals surface area contributed by atoms with Gasteiger partial charge in [0.25, 0.3) is 0 Å². The fourth-order valence-corrected chi connectivity index (χ4v) is 3.46. The van der Waals surface area contributed by atoms with Gasteiger partial charge in [0.1, 0.15) is 5.82 Å². The molecular formula is C17H15ClFN7S. The summed E-state index contributed by atoms with van der Waals surface area (Å²) in [6, 6.07) is 6.40. The van der Waals surface area contributed by atoms with E-state index >= 15 is 0 Å². The summed E-state index contributed by atoms with van der Waals surface area (Å²) in [5, 5.41) is 21.8. The lowest BCUT2D eigenvalue weighted by molar-refractivity contribution is 0.586. The van der Waals surface area contributed by atoms with E-state index in [0.29, 0.717) is 21.5 Å². The highest BCUT2D eigenvalue weighted by Crippen LogP contribution is 2.27. The monoisotopic (exact) mass is 403 g/mol. The van der Waals surface area contributed by atoms with Crippen LogP contribution in [0.15, 0.2) is 42.9 Å². The standard InChI is InChI=1S/C17H15ClFN7S/c1-2-25-9-11(8-20-25)16-22-23-17(27-16)21-15-6-7-26(24-15)10-12-13(18)4-3-5-14(12)19/h3-9H,2,10H2,1H3,(H,21,23,24). The molecule has 0 aliphatic rings. The maximum absolute atomic E-state index is 13.9. The minimum Gasteiger partial charge on any atom is -0.313 e. The number of aromatic nitrogens is 6. The molecule has 0 aliphatic carbocycles. The first kappa shape index (κ1) is 17.6. The first-order chi connectivity index (χ1) is 13.1. The zero-order chi connectivity index (χ0) is 18.8. The van der Waals surface area contributed by atoms with Gasteiger partial charge < -0.3 is 5.32 Å². The van der Waals surface area contributed by atoms with Gasteiger partial charge >= 0.3 is 0 Å². The average Bonchev–Trinajstić information content (AvgIpc) is 3.39. The number of hydrogen-bond acceptors (Lipinski definition) is 6. The highest BCUT2D eigenvalue weighted by atomic mass is 35.5. The number of hydrogen-bond donors (Lipinski definition) is 1. The van der Waals surface area contributed by atoms with Gasteiger partial charge in [-0.1, -0.05) is 29.0 Å². The Morgan fingerprint density at radius 2 is 2.11 bits per heavy atom. The van der Waals surface area contributed by atoms with Gasteiger partial charge in [0.2, 0.25) is 5.13 Å². The number of benzene rings is 1. The van der Waals surface area contributed by atoms with E-state index in [9.17, 15) is 4.39 Å². The van der Waals surface area contributed by atoms with Gasteiger partial charge in [0.05, 0.1) is 18.3 Å². The molecule has 0 atom stereocenters. The van der Waals surface area contributed by atoms with E-state index in [-0.39, 0.29) is 12.4 Å². The molecule has 4 rings (SSSR count). The Labute approximate surface area is 163 Å². The molecule has 138 valence electrons. The van der Waals surface area contributed by atoms with Crippen molar-refractivity contribution in [3.63, 3.8) is 0 Å². The molecule has 1 aromatic carbocycles. The summed E-state index contributed by atoms with van der Waals surface area (Å²) in [5.74, 6) is 0.239. The Balaban J connectivity index is 1.47. The number of nitrogens with zero attached hydrogens (tertiary/aromatic N) is 6. The number of aryl methyl sites for hydroxylation is 1. The van der Waals surface area contributed by atoms with Crippen LogP contribution in [0.3, 0.4) is 0 Å². The third kappa shape index (κ3) is 3.83. The maximum Gasteiger partial charge on any atom is 0.211 e. The van der Waals surface area contributed by atoms with Gasteiger partial charge in [0, 0.05) is 35.6 Å². The van der Waals surface area contributed by atoms with E-state index in [1.165, 1.54) is 17.4 Å². The van der Waals surface area contributed by atoms with E-state index < -0.39 is 0 Å². The highest BCUT2D eigenvalue weighted by molar-refractivity contribution is 7.18. The predicted octanol–water partition coefficient (Wildman–Crippen LogP) is 4.20. The van der Waals surface area contributed by atoms with Crippen LogP contribution < -0.4 is 5.32 Å². The summed E-state index contributed by atoms with van der Waals surface area (Å²) < 4.78 is 17.4. The third-order valence-electron chi connectivity index (χ3n) is 3.89. The summed E-state index contributed by atoms with van der Waals surface area (Å²) in [6.45, 7) is 3.06. The molecule has 0 saturated heterocycles. The lowest BCUT2D eigenvalue weighted by atomic mass is 10.2. The summed E-state index contributed by atoms with van der Waals surface area (Å²) in [4.78, 5) is 0. The van der Waals surface area contributed by atoms with Crippen molar-refractivity contribution in [3.8, 4) is 10.6 Å². The van der Waals surface area contributed by atoms with Crippen molar-refractivity contribution in [2.75, 3.05) is 5.32 Å². The van der Waals surface area contributed by atoms with Crippen LogP contribution >= 0.6 is 22.9 Å². The van der Waals surface area contributed by atoms with Crippen LogP contribution in [0, 0.1) is 5.82 Å². The first-order valence-electron chi connectivity index (χ1n) is 8.22. The van der Waals surface area contributed by atoms with Crippen molar-refractivity contribution in [1.82, 2.24) is 29.8 Å². The Kier molecular flexibility index (Phi) is 4.87. The predicted molar refractivity (Wildman–Crippen MR) is 103 cm³/mol. The largest absolute Gasteiger partial charge is 0.313 e. The van der Waals surface area contributed by atoms with Crippen molar-refractivity contribution in [2.24, 2.45) is 0 Å². The quantitative estimate of drug-likeness (QED) is 0.522. The molecule has 0 fully saturated rings. The smallest absolute Gasteiger partial charge is 0.211 e. The second-order valence-corrected chi connectivity index (χ2v) is 7.11. The topological polar surface area (TPSA) is 73.5 Å². The molecule has 0 bridgehead atoms. The van der Waals surface area contributed by atoms with Crippen LogP contribution in [0.5, 0.6) is 0 Å². The van der Waals surface area contributed by atoms with Crippen LogP contribution in [-0.4, -0.2) is 29.8 Å². The molecule has 0 unspecified atom stereocenters. The lowest BCUT2D eigenvalue weighted by Gasteiger charge is -2.05. The van der Waals surface area contributed by atoms with Crippen LogP contribution in [0.4, 0.5) is 15.3 Å². The Morgan fingerprint density at radius 3 is 2.89 bits per heavy atom. The molecule has 7 nitrogen and oxygen atoms in total. The van der Waals surface area contributed by atoms with Crippen LogP contribution in [-0.2, 0) is 13.1 Å². The molecule has 1 N–H and O–H groups in total. The molecule has 27 heavy (non-hydrogen) atoms. The van der Waals surface area contributed by atoms with Crippen molar-refractivity contribution in [3.05, 3.63) is 59.3 Å². The van der Waals surface area contributed by atoms with Crippen molar-refractivity contribution >= 4 is 33.9 Å². The van der Waals surface area contributed by atoms with E-state index in [2.05, 4.69) is 25.7 Å². The fraction of sp³-hybridized carbons (Fsp3) is 0.176. The van der Waals surface area contributed by atoms with Gasteiger partial charge in [-0.25, -0.2) is 4.39 Å². The number of halogens is 2. The Bertz CT molecular complexity index is 1050. The lowest BCUT2D eigenvalue weighted by Crippen LogP contribution is -2.04. The molecule has 0 amide bonds. The van der Waals surface area contributed by atoms with Crippen molar-refractivity contribution < 1.29 is 4.39 Å². The molecule has 0 aliphatic heterocycles. The number of rotatable bonds is 6. The van der Waals surface area contributed by atoms with Crippen LogP contribution in [0.2, 0.25) is 5.02 Å². The molecular weight excluding hydrogens is 389 g/mol. The minimum absolute atomic E-state index is 0.241. The average molecular weight is 404 g/mol. The summed E-state index contributed by atoms with van der Waals surface area (Å²) in [7, 11) is 0. The molecule has 0 saturated carbocycles. The zero-order valence-corrected chi connectivity index (χ0v) is 15.9. The molecule has 10 heteroatoms. The summed E-state index contributed by atoms with van der Waals surface area (Å²) in [5.41, 5.74) is 1.32. The SMILES string of the molecule is CCn1cc(-c2nnc(Nc3ccn(Cc4c(F)cccc4Cl)n3)s2)cn1. The Hall–Kier alpha value is -2.78. The van der Waals surface area contributed by atoms with E-state index in [0.717, 1.165) is 17.1 Å². The van der Waals surface area contributed by atoms with Crippen LogP contribution in [0.25, 0.3) is 10.6 Å². The number of nitrogens with one attached hydrogen (secondary N) is 1. The van der Waals surface area contributed by atoms with Gasteiger partial charge in [0.15, 0.2) is 10.8 Å². The second-order valence-electron chi connectivity index (χ2n) is 5.72. The minimum atomic E-state index is -0.353. The zero-order valence-electron chi connectivity index (χ0n) is 14.3. The van der Waals surface area contributed by atoms with Gasteiger partial charge in [-0.2, -0.15) is 10.2 Å². The fourth-order valence-electron chi connectivity index (χ4n) is 2.51. The van der Waals surface area contributed by atoms with Crippen LogP contribution in [0.1, 0.15) is 12.5 Å². The van der Waals surface area contributed by atoms with E-state index in [1.807, 2.05) is 17.8 Å². The highest BCUT2D eigenvalue weighted by Gasteiger charge is 2.11. The summed E-state index contributed by atoms with van der Waals surface area (Å²) >= 11 is 7.47. The molecule has 0 radical (unpaired) electrons. The number of anilines is 2. The third-order valence-corrected chi connectivity index (χ3v) is 5.13. The van der Waals surface area contributed by atoms with Gasteiger partial charge in [-0.05, 0) is 19.1 Å². The molecule has 3 heterocycles. The first-order valence-corrected chi connectivity index (χ1v) is 9.41. The Morgan fingerprint density at radius 1 is 1.22 bits per heavy atom. The maximum atomic E-state index is 13.9.